The van der Waals surface area contributed by atoms with Gasteiger partial charge in [-0.05, 0) is 18.9 Å². The Morgan fingerprint density at radius 1 is 1.29 bits per heavy atom. The van der Waals surface area contributed by atoms with Crippen LogP contribution < -0.4 is 5.73 Å². The largest absolute Gasteiger partial charge is 0.382 e. The van der Waals surface area contributed by atoms with Gasteiger partial charge in [0.1, 0.15) is 18.3 Å². The van der Waals surface area contributed by atoms with Crippen molar-refractivity contribution in [2.75, 3.05) is 5.73 Å². The van der Waals surface area contributed by atoms with E-state index in [1.54, 1.807) is 6.20 Å². The lowest BCUT2D eigenvalue weighted by Crippen LogP contribution is -2.09. The number of benzene rings is 1. The third-order valence-electron chi connectivity index (χ3n) is 3.33. The minimum absolute atomic E-state index is 0.0441. The Kier molecular flexibility index (Phi) is 6.98. The number of nitrogen functional groups attached to an aromatic ring is 1. The maximum atomic E-state index is 12.2. The molecule has 0 aliphatic rings. The first kappa shape index (κ1) is 19.2. The van der Waals surface area contributed by atoms with E-state index in [0.29, 0.717) is 23.4 Å². The lowest BCUT2D eigenvalue weighted by Gasteiger charge is -2.10. The molecule has 0 fully saturated rings. The lowest BCUT2D eigenvalue weighted by molar-refractivity contribution is -0.114. The predicted octanol–water partition coefficient (Wildman–Crippen LogP) is 3.48. The van der Waals surface area contributed by atoms with Crippen LogP contribution in [0.1, 0.15) is 31.5 Å². The van der Waals surface area contributed by atoms with E-state index in [1.807, 2.05) is 51.8 Å². The van der Waals surface area contributed by atoms with E-state index < -0.39 is 0 Å². The van der Waals surface area contributed by atoms with Crippen molar-refractivity contribution >= 4 is 24.0 Å². The summed E-state index contributed by atoms with van der Waals surface area (Å²) in [7, 11) is 0. The van der Waals surface area contributed by atoms with Crippen molar-refractivity contribution < 1.29 is 9.59 Å². The first-order valence-electron chi connectivity index (χ1n) is 7.59. The molecule has 0 saturated carbocycles. The van der Waals surface area contributed by atoms with Crippen LogP contribution in [-0.2, 0) is 9.59 Å². The number of ketones is 1. The smallest absolute Gasteiger partial charge is 0.164 e. The minimum atomic E-state index is -0.0441. The molecule has 0 atom stereocenters. The maximum absolute atomic E-state index is 12.2. The number of allylic oxidation sites excluding steroid dienone is 1. The first-order valence-corrected chi connectivity index (χ1v) is 7.59. The number of Topliss-reactive ketones (excluding diaryl/α,β-unsaturated/α-hetero) is 1. The van der Waals surface area contributed by atoms with Crippen LogP contribution in [0.5, 0.6) is 0 Å². The molecule has 0 amide bonds. The molecule has 1 aromatic heterocycles. The normalized spacial score (nSPS) is 10.0. The summed E-state index contributed by atoms with van der Waals surface area (Å²) in [6, 6.07) is 7.94. The van der Waals surface area contributed by atoms with Crippen molar-refractivity contribution in [3.8, 4) is 11.3 Å². The lowest BCUT2D eigenvalue weighted by atomic mass is 10.00. The second-order valence-electron chi connectivity index (χ2n) is 5.86. The van der Waals surface area contributed by atoms with E-state index in [2.05, 4.69) is 16.5 Å². The average molecular weight is 325 g/mol. The molecule has 1 heterocycles. The van der Waals surface area contributed by atoms with E-state index in [4.69, 9.17) is 10.5 Å². The Hall–Kier alpha value is -2.82. The van der Waals surface area contributed by atoms with Gasteiger partial charge in [-0.3, -0.25) is 4.79 Å². The quantitative estimate of drug-likeness (QED) is 0.851. The molecule has 24 heavy (non-hydrogen) atoms. The fourth-order valence-corrected chi connectivity index (χ4v) is 2.19. The number of hydrogen-bond donors (Lipinski definition) is 1. The van der Waals surface area contributed by atoms with E-state index in [-0.39, 0.29) is 17.5 Å². The number of carbonyl (C=O) groups is 2. The zero-order valence-corrected chi connectivity index (χ0v) is 14.4. The fraction of sp³-hybridized carbons (Fsp3) is 0.263. The standard InChI is InChI=1S/C18H21N3O.CH2O/c1-11(2)8-16(22)13(4)17-18(19)20-10-15(21-17)14-7-5-6-12(3)9-14;1-2/h5-7,9-11H,4,8H2,1-3H3,(H2,19,20);1H2. The summed E-state index contributed by atoms with van der Waals surface area (Å²) >= 11 is 0. The van der Waals surface area contributed by atoms with Gasteiger partial charge in [0.2, 0.25) is 0 Å². The SMILES string of the molecule is C=C(C(=O)CC(C)C)c1nc(-c2cccc(C)c2)cnc1N.C=O. The summed E-state index contributed by atoms with van der Waals surface area (Å²) in [6.07, 6.45) is 2.04. The second kappa shape index (κ2) is 8.72. The molecule has 2 N–H and O–H groups in total. The number of anilines is 1. The average Bonchev–Trinajstić information content (AvgIpc) is 2.56. The van der Waals surface area contributed by atoms with Crippen molar-refractivity contribution in [1.82, 2.24) is 9.97 Å². The number of aryl methyl sites for hydroxylation is 1. The number of nitrogens with zero attached hydrogens (tertiary/aromatic N) is 2. The number of aromatic nitrogens is 2. The molecule has 5 nitrogen and oxygen atoms in total. The van der Waals surface area contributed by atoms with Crippen molar-refractivity contribution in [2.24, 2.45) is 5.92 Å². The van der Waals surface area contributed by atoms with Gasteiger partial charge in [0.05, 0.1) is 11.9 Å². The van der Waals surface area contributed by atoms with Gasteiger partial charge in [-0.15, -0.1) is 0 Å². The summed E-state index contributed by atoms with van der Waals surface area (Å²) in [4.78, 5) is 28.9. The minimum Gasteiger partial charge on any atom is -0.382 e. The van der Waals surface area contributed by atoms with Gasteiger partial charge in [0.15, 0.2) is 5.78 Å². The molecule has 5 heteroatoms. The number of carbonyl (C=O) groups excluding carboxylic acids is 2. The van der Waals surface area contributed by atoms with Crippen molar-refractivity contribution in [1.29, 1.82) is 0 Å². The summed E-state index contributed by atoms with van der Waals surface area (Å²) in [6.45, 7) is 11.9. The first-order chi connectivity index (χ1) is 11.4. The van der Waals surface area contributed by atoms with Crippen LogP contribution in [0.2, 0.25) is 0 Å². The highest BCUT2D eigenvalue weighted by molar-refractivity contribution is 6.20. The van der Waals surface area contributed by atoms with Crippen molar-refractivity contribution in [3.05, 3.63) is 48.3 Å². The Bertz CT molecular complexity index is 739. The van der Waals surface area contributed by atoms with E-state index in [9.17, 15) is 4.79 Å². The van der Waals surface area contributed by atoms with E-state index >= 15 is 0 Å². The number of hydrogen-bond acceptors (Lipinski definition) is 5. The highest BCUT2D eigenvalue weighted by Crippen LogP contribution is 2.24. The highest BCUT2D eigenvalue weighted by Gasteiger charge is 2.17. The van der Waals surface area contributed by atoms with Gasteiger partial charge in [0, 0.05) is 17.6 Å². The van der Waals surface area contributed by atoms with Crippen LogP contribution in [0.15, 0.2) is 37.0 Å². The molecule has 0 unspecified atom stereocenters. The topological polar surface area (TPSA) is 85.9 Å². The zero-order valence-electron chi connectivity index (χ0n) is 14.4. The molecule has 2 aromatic rings. The van der Waals surface area contributed by atoms with Gasteiger partial charge in [-0.1, -0.05) is 44.2 Å². The van der Waals surface area contributed by atoms with Gasteiger partial charge >= 0.3 is 0 Å². The van der Waals surface area contributed by atoms with E-state index in [0.717, 1.165) is 11.1 Å². The van der Waals surface area contributed by atoms with Gasteiger partial charge in [-0.2, -0.15) is 0 Å². The summed E-state index contributed by atoms with van der Waals surface area (Å²) in [5.74, 6) is 0.453. The molecular weight excluding hydrogens is 302 g/mol. The Morgan fingerprint density at radius 2 is 1.96 bits per heavy atom. The third-order valence-corrected chi connectivity index (χ3v) is 3.33. The van der Waals surface area contributed by atoms with Crippen LogP contribution in [0.25, 0.3) is 16.8 Å². The molecule has 0 radical (unpaired) electrons. The summed E-state index contributed by atoms with van der Waals surface area (Å²) < 4.78 is 0. The van der Waals surface area contributed by atoms with Crippen LogP contribution >= 0.6 is 0 Å². The molecule has 126 valence electrons. The van der Waals surface area contributed by atoms with E-state index in [1.165, 1.54) is 0 Å². The Labute approximate surface area is 142 Å². The summed E-state index contributed by atoms with van der Waals surface area (Å²) in [5, 5.41) is 0. The molecule has 0 bridgehead atoms. The maximum Gasteiger partial charge on any atom is 0.164 e. The molecule has 2 rings (SSSR count). The van der Waals surface area contributed by atoms with Crippen molar-refractivity contribution in [2.45, 2.75) is 27.2 Å². The van der Waals surface area contributed by atoms with Gasteiger partial charge in [-0.25, -0.2) is 9.97 Å². The Balaban J connectivity index is 0.00000139. The molecule has 0 aliphatic heterocycles. The second-order valence-corrected chi connectivity index (χ2v) is 5.86. The summed E-state index contributed by atoms with van der Waals surface area (Å²) in [5.41, 5.74) is 9.35. The molecule has 1 aromatic carbocycles. The Morgan fingerprint density at radius 3 is 2.54 bits per heavy atom. The highest BCUT2D eigenvalue weighted by atomic mass is 16.1. The molecule has 0 saturated heterocycles. The van der Waals surface area contributed by atoms with Crippen LogP contribution in [0.4, 0.5) is 5.82 Å². The van der Waals surface area contributed by atoms with Crippen LogP contribution in [0, 0.1) is 12.8 Å². The van der Waals surface area contributed by atoms with Gasteiger partial charge < -0.3 is 10.5 Å². The fourth-order valence-electron chi connectivity index (χ4n) is 2.19. The molecule has 0 spiro atoms. The zero-order chi connectivity index (χ0) is 18.3. The molecule has 0 aliphatic carbocycles. The third kappa shape index (κ3) is 4.84. The monoisotopic (exact) mass is 325 g/mol. The molecular formula is C19H23N3O2. The number of rotatable bonds is 5. The predicted molar refractivity (Wildman–Crippen MR) is 97.2 cm³/mol. The van der Waals surface area contributed by atoms with Crippen LogP contribution in [0.3, 0.4) is 0 Å². The van der Waals surface area contributed by atoms with Gasteiger partial charge in [0.25, 0.3) is 0 Å². The number of nitrogens with two attached hydrogens (primary N) is 1. The van der Waals surface area contributed by atoms with Crippen LogP contribution in [-0.4, -0.2) is 22.5 Å². The van der Waals surface area contributed by atoms with Crippen molar-refractivity contribution in [3.63, 3.8) is 0 Å².